The molecule has 0 N–H and O–H groups in total. The van der Waals surface area contributed by atoms with Crippen molar-refractivity contribution in [3.05, 3.63) is 158 Å². The Morgan fingerprint density at radius 2 is 1.00 bits per heavy atom. The molecule has 1 aliphatic rings. The fourth-order valence-electron chi connectivity index (χ4n) is 8.03. The van der Waals surface area contributed by atoms with Crippen molar-refractivity contribution in [2.75, 3.05) is 0 Å². The number of aromatic nitrogens is 2. The number of fused-ring (bicyclic) bond motifs is 11. The van der Waals surface area contributed by atoms with Gasteiger partial charge in [-0.15, -0.1) is 0 Å². The quantitative estimate of drug-likeness (QED) is 0.181. The molecule has 0 spiro atoms. The van der Waals surface area contributed by atoms with Crippen molar-refractivity contribution < 1.29 is 4.74 Å². The van der Waals surface area contributed by atoms with Crippen molar-refractivity contribution in [1.82, 2.24) is 9.13 Å². The van der Waals surface area contributed by atoms with E-state index < -0.39 is 0 Å². The van der Waals surface area contributed by atoms with Crippen LogP contribution in [-0.2, 0) is 0 Å². The third-order valence-corrected chi connectivity index (χ3v) is 10.1. The molecule has 0 radical (unpaired) electrons. The van der Waals surface area contributed by atoms with Crippen LogP contribution in [0.4, 0.5) is 0 Å². The van der Waals surface area contributed by atoms with E-state index in [4.69, 9.17) is 4.74 Å². The summed E-state index contributed by atoms with van der Waals surface area (Å²) in [5, 5.41) is 9.94. The highest BCUT2D eigenvalue weighted by molar-refractivity contribution is 6.13. The summed E-state index contributed by atoms with van der Waals surface area (Å²) in [5.41, 5.74) is 9.25. The first-order valence-corrected chi connectivity index (χ1v) is 16.1. The van der Waals surface area contributed by atoms with E-state index in [0.29, 0.717) is 0 Å². The highest BCUT2D eigenvalue weighted by Gasteiger charge is 2.25. The highest BCUT2D eigenvalue weighted by atomic mass is 16.5. The highest BCUT2D eigenvalue weighted by Crippen LogP contribution is 2.49. The van der Waals surface area contributed by atoms with Crippen LogP contribution in [-0.4, -0.2) is 9.13 Å². The van der Waals surface area contributed by atoms with E-state index in [1.807, 2.05) is 0 Å². The average Bonchev–Trinajstić information content (AvgIpc) is 3.65. The summed E-state index contributed by atoms with van der Waals surface area (Å²) in [4.78, 5) is 0. The molecule has 218 valence electrons. The lowest BCUT2D eigenvalue weighted by Crippen LogP contribution is -2.05. The summed E-state index contributed by atoms with van der Waals surface area (Å²) >= 11 is 0. The first-order valence-electron chi connectivity index (χ1n) is 16.1. The molecule has 0 saturated carbocycles. The van der Waals surface area contributed by atoms with E-state index in [1.165, 1.54) is 65.3 Å². The minimum atomic E-state index is 0.893. The smallest absolute Gasteiger partial charge is 0.159 e. The molecule has 0 amide bonds. The second kappa shape index (κ2) is 9.12. The maximum atomic E-state index is 6.73. The maximum Gasteiger partial charge on any atom is 0.159 e. The lowest BCUT2D eigenvalue weighted by atomic mass is 9.96. The SMILES string of the molecule is c1cc(-c2ccc3c(ccc4cc(-n5c6ccccc6c6ccccc65)ccc43)c2)c2c(c1)-n1c3ccccc3c3cccc(c31)O2. The van der Waals surface area contributed by atoms with Gasteiger partial charge < -0.3 is 13.9 Å². The Balaban J connectivity index is 1.06. The Labute approximate surface area is 270 Å². The molecule has 3 heteroatoms. The summed E-state index contributed by atoms with van der Waals surface area (Å²) in [7, 11) is 0. The number of benzene rings is 8. The number of para-hydroxylation sites is 5. The van der Waals surface area contributed by atoms with Crippen LogP contribution >= 0.6 is 0 Å². The Morgan fingerprint density at radius 1 is 0.404 bits per heavy atom. The van der Waals surface area contributed by atoms with Crippen molar-refractivity contribution in [3.8, 4) is 34.0 Å². The molecule has 3 heterocycles. The van der Waals surface area contributed by atoms with E-state index in [0.717, 1.165) is 33.8 Å². The molecule has 0 unspecified atom stereocenters. The number of hydrogen-bond acceptors (Lipinski definition) is 1. The van der Waals surface area contributed by atoms with E-state index >= 15 is 0 Å². The van der Waals surface area contributed by atoms with Gasteiger partial charge in [0.05, 0.1) is 27.8 Å². The minimum absolute atomic E-state index is 0.893. The van der Waals surface area contributed by atoms with Gasteiger partial charge in [0.1, 0.15) is 0 Å². The van der Waals surface area contributed by atoms with Crippen LogP contribution in [0.5, 0.6) is 11.5 Å². The van der Waals surface area contributed by atoms with Crippen molar-refractivity contribution >= 4 is 65.2 Å². The maximum absolute atomic E-state index is 6.73. The molecule has 47 heavy (non-hydrogen) atoms. The third kappa shape index (κ3) is 3.35. The largest absolute Gasteiger partial charge is 0.452 e. The molecule has 2 aromatic heterocycles. The van der Waals surface area contributed by atoms with E-state index in [-0.39, 0.29) is 0 Å². The predicted octanol–water partition coefficient (Wildman–Crippen LogP) is 12.0. The van der Waals surface area contributed by atoms with E-state index in [1.54, 1.807) is 0 Å². The van der Waals surface area contributed by atoms with Gasteiger partial charge in [-0.1, -0.05) is 109 Å². The first-order chi connectivity index (χ1) is 23.3. The van der Waals surface area contributed by atoms with Crippen LogP contribution in [0, 0.1) is 0 Å². The van der Waals surface area contributed by atoms with Crippen LogP contribution in [0.3, 0.4) is 0 Å². The van der Waals surface area contributed by atoms with Gasteiger partial charge in [0.15, 0.2) is 11.5 Å². The Morgan fingerprint density at radius 3 is 1.74 bits per heavy atom. The van der Waals surface area contributed by atoms with Crippen molar-refractivity contribution in [2.24, 2.45) is 0 Å². The van der Waals surface area contributed by atoms with Gasteiger partial charge in [-0.3, -0.25) is 0 Å². The first kappa shape index (κ1) is 24.9. The molecule has 0 atom stereocenters. The zero-order valence-corrected chi connectivity index (χ0v) is 25.3. The van der Waals surface area contributed by atoms with E-state index in [2.05, 4.69) is 167 Å². The minimum Gasteiger partial charge on any atom is -0.452 e. The van der Waals surface area contributed by atoms with Crippen molar-refractivity contribution in [1.29, 1.82) is 0 Å². The Kier molecular flexibility index (Phi) is 4.84. The molecule has 10 aromatic rings. The van der Waals surface area contributed by atoms with Gasteiger partial charge in [-0.2, -0.15) is 0 Å². The fraction of sp³-hybridized carbons (Fsp3) is 0. The monoisotopic (exact) mass is 598 g/mol. The summed E-state index contributed by atoms with van der Waals surface area (Å²) in [5.74, 6) is 1.79. The Hall–Kier alpha value is -6.32. The normalized spacial score (nSPS) is 12.4. The fourth-order valence-corrected chi connectivity index (χ4v) is 8.03. The summed E-state index contributed by atoms with van der Waals surface area (Å²) in [6.45, 7) is 0. The molecular weight excluding hydrogens is 572 g/mol. The molecule has 11 rings (SSSR count). The number of nitrogens with zero attached hydrogens (tertiary/aromatic N) is 2. The van der Waals surface area contributed by atoms with Crippen molar-refractivity contribution in [3.63, 3.8) is 0 Å². The zero-order chi connectivity index (χ0) is 30.6. The van der Waals surface area contributed by atoms with Crippen LogP contribution < -0.4 is 4.74 Å². The van der Waals surface area contributed by atoms with Gasteiger partial charge >= 0.3 is 0 Å². The van der Waals surface area contributed by atoms with Crippen LogP contribution in [0.1, 0.15) is 0 Å². The average molecular weight is 599 g/mol. The lowest BCUT2D eigenvalue weighted by Gasteiger charge is -2.23. The summed E-state index contributed by atoms with van der Waals surface area (Å²) < 4.78 is 11.5. The Bertz CT molecular complexity index is 2890. The predicted molar refractivity (Wildman–Crippen MR) is 196 cm³/mol. The van der Waals surface area contributed by atoms with Crippen LogP contribution in [0.15, 0.2) is 158 Å². The van der Waals surface area contributed by atoms with Gasteiger partial charge in [-0.05, 0) is 75.6 Å². The molecule has 0 aliphatic carbocycles. The number of hydrogen-bond donors (Lipinski definition) is 0. The summed E-state index contributed by atoms with van der Waals surface area (Å²) in [6, 6.07) is 57.0. The number of ether oxygens (including phenoxy) is 1. The van der Waals surface area contributed by atoms with Crippen LogP contribution in [0.25, 0.3) is 87.7 Å². The van der Waals surface area contributed by atoms with Crippen molar-refractivity contribution in [2.45, 2.75) is 0 Å². The van der Waals surface area contributed by atoms with E-state index in [9.17, 15) is 0 Å². The van der Waals surface area contributed by atoms with Gasteiger partial charge in [-0.25, -0.2) is 0 Å². The molecule has 0 bridgehead atoms. The van der Waals surface area contributed by atoms with Gasteiger partial charge in [0, 0.05) is 32.8 Å². The second-order valence-corrected chi connectivity index (χ2v) is 12.5. The molecule has 0 saturated heterocycles. The second-order valence-electron chi connectivity index (χ2n) is 12.5. The lowest BCUT2D eigenvalue weighted by molar-refractivity contribution is 0.478. The standard InChI is InChI=1S/C44H26N2O/c1-4-14-38-34(9-1)35-10-2-5-15-39(35)45(38)30-22-24-32-29(26-30)20-19-27-25-28(21-23-31(27)32)33-12-7-17-41-44(33)47-42-18-8-13-37-36-11-3-6-16-40(36)46(41)43(37)42/h1-26H. The topological polar surface area (TPSA) is 19.1 Å². The summed E-state index contributed by atoms with van der Waals surface area (Å²) in [6.07, 6.45) is 0. The molecule has 3 nitrogen and oxygen atoms in total. The van der Waals surface area contributed by atoms with Gasteiger partial charge in [0.25, 0.3) is 0 Å². The molecule has 8 aromatic carbocycles. The van der Waals surface area contributed by atoms with Crippen LogP contribution in [0.2, 0.25) is 0 Å². The molecule has 0 fully saturated rings. The third-order valence-electron chi connectivity index (χ3n) is 10.1. The zero-order valence-electron chi connectivity index (χ0n) is 25.3. The number of rotatable bonds is 2. The molecular formula is C44H26N2O. The molecule has 1 aliphatic heterocycles. The van der Waals surface area contributed by atoms with Gasteiger partial charge in [0.2, 0.25) is 0 Å².